The number of hydrogen-bond donors (Lipinski definition) is 3. The van der Waals surface area contributed by atoms with Crippen molar-refractivity contribution in [2.75, 3.05) is 18.1 Å². The molecule has 0 radical (unpaired) electrons. The zero-order chi connectivity index (χ0) is 15.3. The van der Waals surface area contributed by atoms with Gasteiger partial charge in [0.05, 0.1) is 0 Å². The molecule has 1 atom stereocenters. The number of thioether (sulfide) groups is 1. The number of hydrogen-bond acceptors (Lipinski definition) is 3. The number of carboxylic acid groups (broad SMARTS) is 1. The van der Waals surface area contributed by atoms with Crippen LogP contribution in [-0.2, 0) is 4.79 Å². The fourth-order valence-electron chi connectivity index (χ4n) is 3.21. The van der Waals surface area contributed by atoms with Gasteiger partial charge in [-0.25, -0.2) is 9.59 Å². The first-order valence-corrected chi connectivity index (χ1v) is 9.08. The molecular weight excluding hydrogens is 288 g/mol. The van der Waals surface area contributed by atoms with Gasteiger partial charge in [-0.1, -0.05) is 13.3 Å². The fourth-order valence-corrected chi connectivity index (χ4v) is 4.50. The lowest BCUT2D eigenvalue weighted by Gasteiger charge is -2.37. The van der Waals surface area contributed by atoms with Crippen LogP contribution in [0.15, 0.2) is 0 Å². The molecule has 6 heteroatoms. The van der Waals surface area contributed by atoms with E-state index in [1.54, 1.807) is 0 Å². The molecule has 1 aliphatic heterocycles. The monoisotopic (exact) mass is 314 g/mol. The molecule has 1 saturated heterocycles. The summed E-state index contributed by atoms with van der Waals surface area (Å²) >= 11 is 1.91. The third-order valence-electron chi connectivity index (χ3n) is 4.87. The van der Waals surface area contributed by atoms with Gasteiger partial charge >= 0.3 is 12.0 Å². The third kappa shape index (κ3) is 4.28. The number of carboxylic acids is 1. The summed E-state index contributed by atoms with van der Waals surface area (Å²) in [5.41, 5.74) is -1.07. The molecule has 0 bridgehead atoms. The van der Waals surface area contributed by atoms with E-state index in [9.17, 15) is 14.7 Å². The molecule has 1 saturated carbocycles. The maximum absolute atomic E-state index is 12.0. The number of urea groups is 1. The molecule has 3 N–H and O–H groups in total. The van der Waals surface area contributed by atoms with Crippen LogP contribution < -0.4 is 10.6 Å². The molecule has 120 valence electrons. The van der Waals surface area contributed by atoms with E-state index in [1.807, 2.05) is 11.8 Å². The number of carbonyl (C=O) groups excluding carboxylic acids is 1. The summed E-state index contributed by atoms with van der Waals surface area (Å²) in [5.74, 6) is 2.47. The van der Waals surface area contributed by atoms with Crippen LogP contribution in [0, 0.1) is 11.8 Å². The molecule has 1 unspecified atom stereocenters. The molecule has 21 heavy (non-hydrogen) atoms. The van der Waals surface area contributed by atoms with Crippen molar-refractivity contribution < 1.29 is 14.7 Å². The zero-order valence-corrected chi connectivity index (χ0v) is 13.5. The molecule has 0 aromatic carbocycles. The van der Waals surface area contributed by atoms with E-state index >= 15 is 0 Å². The van der Waals surface area contributed by atoms with E-state index in [1.165, 1.54) is 0 Å². The van der Waals surface area contributed by atoms with E-state index in [0.717, 1.165) is 37.2 Å². The number of rotatable bonds is 5. The Morgan fingerprint density at radius 3 is 2.48 bits per heavy atom. The second kappa shape index (κ2) is 7.38. The minimum absolute atomic E-state index is 0.329. The van der Waals surface area contributed by atoms with Crippen molar-refractivity contribution in [1.29, 1.82) is 0 Å². The molecule has 0 aromatic rings. The van der Waals surface area contributed by atoms with Gasteiger partial charge in [0.25, 0.3) is 0 Å². The van der Waals surface area contributed by atoms with Crippen LogP contribution in [0.5, 0.6) is 0 Å². The Kier molecular flexibility index (Phi) is 5.79. The highest BCUT2D eigenvalue weighted by atomic mass is 32.2. The zero-order valence-electron chi connectivity index (χ0n) is 12.7. The van der Waals surface area contributed by atoms with Crippen LogP contribution in [0.2, 0.25) is 0 Å². The molecule has 2 amide bonds. The summed E-state index contributed by atoms with van der Waals surface area (Å²) < 4.78 is 0. The van der Waals surface area contributed by atoms with E-state index in [-0.39, 0.29) is 6.03 Å². The van der Waals surface area contributed by atoms with Gasteiger partial charge < -0.3 is 15.7 Å². The maximum atomic E-state index is 12.0. The second-order valence-corrected chi connectivity index (χ2v) is 7.45. The predicted octanol–water partition coefficient (Wildman–Crippen LogP) is 2.46. The minimum atomic E-state index is -1.07. The van der Waals surface area contributed by atoms with Crippen LogP contribution in [0.3, 0.4) is 0 Å². The van der Waals surface area contributed by atoms with E-state index in [2.05, 4.69) is 17.6 Å². The average molecular weight is 314 g/mol. The van der Waals surface area contributed by atoms with Crippen molar-refractivity contribution >= 4 is 23.8 Å². The highest BCUT2D eigenvalue weighted by Gasteiger charge is 2.43. The van der Waals surface area contributed by atoms with Crippen molar-refractivity contribution in [3.05, 3.63) is 0 Å². The maximum Gasteiger partial charge on any atom is 0.329 e. The first-order chi connectivity index (χ1) is 10.1. The first-order valence-electron chi connectivity index (χ1n) is 7.93. The fraction of sp³-hybridized carbons (Fsp3) is 0.867. The van der Waals surface area contributed by atoms with Crippen LogP contribution in [0.1, 0.15) is 45.4 Å². The van der Waals surface area contributed by atoms with Gasteiger partial charge in [0.2, 0.25) is 0 Å². The topological polar surface area (TPSA) is 78.4 Å². The highest BCUT2D eigenvalue weighted by molar-refractivity contribution is 7.99. The van der Waals surface area contributed by atoms with Gasteiger partial charge in [-0.15, -0.1) is 0 Å². The Labute approximate surface area is 130 Å². The quantitative estimate of drug-likeness (QED) is 0.728. The van der Waals surface area contributed by atoms with Crippen molar-refractivity contribution in [2.24, 2.45) is 11.8 Å². The second-order valence-electron chi connectivity index (χ2n) is 6.30. The van der Waals surface area contributed by atoms with E-state index in [4.69, 9.17) is 0 Å². The van der Waals surface area contributed by atoms with Gasteiger partial charge in [-0.05, 0) is 55.4 Å². The predicted molar refractivity (Wildman–Crippen MR) is 84.6 cm³/mol. The number of carbonyl (C=O) groups is 2. The number of nitrogens with one attached hydrogen (secondary N) is 2. The summed E-state index contributed by atoms with van der Waals surface area (Å²) in [6.45, 7) is 2.78. The number of amides is 2. The summed E-state index contributed by atoms with van der Waals surface area (Å²) in [4.78, 5) is 23.7. The van der Waals surface area contributed by atoms with Gasteiger partial charge in [0, 0.05) is 6.54 Å². The molecule has 0 spiro atoms. The SMILES string of the molecule is CCC1CCC(NC(=O)NCC2CCSC2)(C(=O)O)CC1. The van der Waals surface area contributed by atoms with Gasteiger partial charge in [0.15, 0.2) is 0 Å². The van der Waals surface area contributed by atoms with Crippen molar-refractivity contribution in [2.45, 2.75) is 51.0 Å². The Balaban J connectivity index is 1.84. The smallest absolute Gasteiger partial charge is 0.329 e. The largest absolute Gasteiger partial charge is 0.480 e. The molecule has 2 rings (SSSR count). The summed E-state index contributed by atoms with van der Waals surface area (Å²) in [6, 6.07) is -0.329. The normalized spacial score (nSPS) is 32.6. The van der Waals surface area contributed by atoms with Crippen LogP contribution >= 0.6 is 11.8 Å². The molecule has 0 aromatic heterocycles. The minimum Gasteiger partial charge on any atom is -0.480 e. The molecule has 2 aliphatic rings. The molecule has 1 aliphatic carbocycles. The van der Waals surface area contributed by atoms with Crippen molar-refractivity contribution in [3.63, 3.8) is 0 Å². The van der Waals surface area contributed by atoms with Crippen molar-refractivity contribution in [3.8, 4) is 0 Å². The third-order valence-corrected chi connectivity index (χ3v) is 6.11. The lowest BCUT2D eigenvalue weighted by molar-refractivity contribution is -0.146. The summed E-state index contributed by atoms with van der Waals surface area (Å²) in [5, 5.41) is 15.1. The Morgan fingerprint density at radius 2 is 1.95 bits per heavy atom. The van der Waals surface area contributed by atoms with Gasteiger partial charge in [0.1, 0.15) is 5.54 Å². The lowest BCUT2D eigenvalue weighted by atomic mass is 9.75. The Hall–Kier alpha value is -0.910. The standard InChI is InChI=1S/C15H26N2O3S/c1-2-11-3-6-15(7-4-11,13(18)19)17-14(20)16-9-12-5-8-21-10-12/h11-12H,2-10H2,1H3,(H,18,19)(H2,16,17,20). The van der Waals surface area contributed by atoms with Gasteiger partial charge in [-0.2, -0.15) is 11.8 Å². The number of aliphatic carboxylic acids is 1. The summed E-state index contributed by atoms with van der Waals surface area (Å²) in [6.07, 6.45) is 5.04. The van der Waals surface area contributed by atoms with Gasteiger partial charge in [-0.3, -0.25) is 0 Å². The molecule has 2 fully saturated rings. The highest BCUT2D eigenvalue weighted by Crippen LogP contribution is 2.34. The van der Waals surface area contributed by atoms with Crippen LogP contribution in [0.25, 0.3) is 0 Å². The first kappa shape index (κ1) is 16.5. The molecule has 5 nitrogen and oxygen atoms in total. The molecular formula is C15H26N2O3S. The Bertz CT molecular complexity index is 375. The van der Waals surface area contributed by atoms with E-state index < -0.39 is 11.5 Å². The van der Waals surface area contributed by atoms with Crippen LogP contribution in [0.4, 0.5) is 4.79 Å². The Morgan fingerprint density at radius 1 is 1.24 bits per heavy atom. The van der Waals surface area contributed by atoms with E-state index in [0.29, 0.717) is 31.2 Å². The van der Waals surface area contributed by atoms with Crippen molar-refractivity contribution in [1.82, 2.24) is 10.6 Å². The average Bonchev–Trinajstić information content (AvgIpc) is 2.99. The lowest BCUT2D eigenvalue weighted by Crippen LogP contribution is -2.59. The summed E-state index contributed by atoms with van der Waals surface area (Å²) in [7, 11) is 0. The van der Waals surface area contributed by atoms with Crippen LogP contribution in [-0.4, -0.2) is 40.7 Å². The molecule has 1 heterocycles.